The summed E-state index contributed by atoms with van der Waals surface area (Å²) in [6.07, 6.45) is 1.96. The smallest absolute Gasteiger partial charge is 0.0239 e. The van der Waals surface area contributed by atoms with Crippen LogP contribution in [0.5, 0.6) is 0 Å². The summed E-state index contributed by atoms with van der Waals surface area (Å²) in [6.45, 7) is 4.66. The third kappa shape index (κ3) is 2.90. The van der Waals surface area contributed by atoms with Gasteiger partial charge in [0, 0.05) is 36.4 Å². The van der Waals surface area contributed by atoms with Gasteiger partial charge in [-0.15, -0.1) is 23.8 Å². The molecule has 7 rings (SSSR count). The first-order valence-electron chi connectivity index (χ1n) is 11.0. The Bertz CT molecular complexity index is 1710. The van der Waals surface area contributed by atoms with Crippen LogP contribution in [-0.4, -0.2) is 4.98 Å². The van der Waals surface area contributed by atoms with Crippen LogP contribution in [-0.2, 0) is 25.5 Å². The molecule has 161 valence electrons. The number of fused-ring (bicyclic) bond motifs is 7. The van der Waals surface area contributed by atoms with E-state index < -0.39 is 0 Å². The zero-order valence-corrected chi connectivity index (χ0v) is 21.5. The number of aromatic nitrogens is 1. The minimum Gasteiger partial charge on any atom is -0.304 e. The molecular weight excluding hydrogens is 599 g/mol. The summed E-state index contributed by atoms with van der Waals surface area (Å²) in [6, 6.07) is 32.2. The minimum atomic E-state index is -0.127. The summed E-state index contributed by atoms with van der Waals surface area (Å²) in [5, 5.41) is 5.17. The van der Waals surface area contributed by atoms with Crippen LogP contribution < -0.4 is 0 Å². The first kappa shape index (κ1) is 20.7. The molecule has 0 bridgehead atoms. The van der Waals surface area contributed by atoms with Crippen molar-refractivity contribution in [1.29, 1.82) is 0 Å². The molecule has 1 nitrogen and oxygen atoms in total. The molecule has 0 spiro atoms. The molecule has 2 heterocycles. The molecule has 0 atom stereocenters. The summed E-state index contributed by atoms with van der Waals surface area (Å²) in [7, 11) is 0. The molecule has 0 unspecified atom stereocenters. The average molecular weight is 619 g/mol. The van der Waals surface area contributed by atoms with E-state index in [0.717, 1.165) is 11.3 Å². The summed E-state index contributed by atoms with van der Waals surface area (Å²) in [5.41, 5.74) is 7.30. The van der Waals surface area contributed by atoms with Crippen molar-refractivity contribution in [2.75, 3.05) is 0 Å². The monoisotopic (exact) mass is 619 g/mol. The fourth-order valence-corrected chi connectivity index (χ4v) is 6.51. The van der Waals surface area contributed by atoms with Gasteiger partial charge in [-0.3, -0.25) is 0 Å². The van der Waals surface area contributed by atoms with Gasteiger partial charge >= 0.3 is 0 Å². The van der Waals surface area contributed by atoms with Gasteiger partial charge in [-0.05, 0) is 73.1 Å². The predicted molar refractivity (Wildman–Crippen MR) is 136 cm³/mol. The number of pyridine rings is 1. The number of benzene rings is 4. The number of nitrogens with zero attached hydrogens (tertiary/aromatic N) is 1. The van der Waals surface area contributed by atoms with Crippen LogP contribution in [0.15, 0.2) is 85.1 Å². The van der Waals surface area contributed by atoms with Gasteiger partial charge in [0.25, 0.3) is 0 Å². The van der Waals surface area contributed by atoms with Crippen molar-refractivity contribution in [3.05, 3.63) is 102 Å². The van der Waals surface area contributed by atoms with E-state index in [2.05, 4.69) is 98.8 Å². The molecule has 2 aromatic heterocycles. The van der Waals surface area contributed by atoms with Gasteiger partial charge in [0.15, 0.2) is 0 Å². The fourth-order valence-electron chi connectivity index (χ4n) is 5.44. The van der Waals surface area contributed by atoms with Gasteiger partial charge in [-0.25, -0.2) is 0 Å². The van der Waals surface area contributed by atoms with E-state index in [4.69, 9.17) is 4.98 Å². The number of rotatable bonds is 1. The van der Waals surface area contributed by atoms with Crippen molar-refractivity contribution in [1.82, 2.24) is 4.98 Å². The first-order valence-corrected chi connectivity index (χ1v) is 11.8. The van der Waals surface area contributed by atoms with E-state index in [1.165, 1.54) is 53.2 Å². The van der Waals surface area contributed by atoms with Gasteiger partial charge in [0.1, 0.15) is 0 Å². The molecule has 3 heteroatoms. The molecule has 1 aliphatic carbocycles. The van der Waals surface area contributed by atoms with Crippen LogP contribution in [0.1, 0.15) is 25.0 Å². The largest absolute Gasteiger partial charge is 0.304 e. The Morgan fingerprint density at radius 1 is 0.788 bits per heavy atom. The molecule has 1 aliphatic rings. The van der Waals surface area contributed by atoms with E-state index in [1.807, 2.05) is 17.5 Å². The normalized spacial score (nSPS) is 13.8. The average Bonchev–Trinajstić information content (AvgIpc) is 3.30. The molecule has 0 saturated carbocycles. The van der Waals surface area contributed by atoms with Crippen molar-refractivity contribution < 1.29 is 20.1 Å². The SMILES string of the molecule is CC1(C)c2cc3ccccc3cc2-c2ccnc(-c3[c-]cc4sc5ccccc5c4c3)c21.[Ir]. The maximum atomic E-state index is 4.91. The standard InChI is InChI=1S/C30H20NS.Ir/c1-30(2)25-17-19-8-4-3-7-18(19)15-23(25)22-13-14-31-29(28(22)30)20-11-12-27-24(16-20)21-9-5-6-10-26(21)32-27;/h3-10,12-17H,1-2H3;/q-1;. The molecule has 1 radical (unpaired) electrons. The molecule has 0 fully saturated rings. The molecule has 6 aromatic rings. The van der Waals surface area contributed by atoms with Gasteiger partial charge in [0.2, 0.25) is 0 Å². The van der Waals surface area contributed by atoms with E-state index in [1.54, 1.807) is 0 Å². The maximum Gasteiger partial charge on any atom is 0.0239 e. The van der Waals surface area contributed by atoms with Crippen LogP contribution in [0.4, 0.5) is 0 Å². The fraction of sp³-hybridized carbons (Fsp3) is 0.100. The van der Waals surface area contributed by atoms with Gasteiger partial charge < -0.3 is 4.98 Å². The van der Waals surface area contributed by atoms with E-state index in [0.29, 0.717) is 0 Å². The molecule has 0 N–H and O–H groups in total. The second-order valence-corrected chi connectivity index (χ2v) is 10.3. The van der Waals surface area contributed by atoms with Gasteiger partial charge in [0.05, 0.1) is 0 Å². The quantitative estimate of drug-likeness (QED) is 0.169. The number of thiophene rings is 1. The van der Waals surface area contributed by atoms with E-state index in [9.17, 15) is 0 Å². The van der Waals surface area contributed by atoms with Crippen LogP contribution in [0.25, 0.3) is 53.3 Å². The van der Waals surface area contributed by atoms with Crippen molar-refractivity contribution in [2.24, 2.45) is 0 Å². The third-order valence-electron chi connectivity index (χ3n) is 6.99. The second kappa shape index (κ2) is 7.33. The maximum absolute atomic E-state index is 4.91. The predicted octanol–water partition coefficient (Wildman–Crippen LogP) is 8.37. The third-order valence-corrected chi connectivity index (χ3v) is 8.12. The molecule has 0 amide bonds. The molecular formula is C30H20IrNS-. The van der Waals surface area contributed by atoms with Crippen molar-refractivity contribution >= 4 is 42.3 Å². The Morgan fingerprint density at radius 2 is 1.55 bits per heavy atom. The van der Waals surface area contributed by atoms with Crippen LogP contribution >= 0.6 is 11.3 Å². The number of hydrogen-bond acceptors (Lipinski definition) is 2. The zero-order chi connectivity index (χ0) is 21.4. The van der Waals surface area contributed by atoms with Crippen LogP contribution in [0, 0.1) is 6.07 Å². The van der Waals surface area contributed by atoms with Crippen molar-refractivity contribution in [3.63, 3.8) is 0 Å². The number of hydrogen-bond donors (Lipinski definition) is 0. The molecule has 0 saturated heterocycles. The molecule has 4 aromatic carbocycles. The Balaban J connectivity index is 0.00000206. The summed E-state index contributed by atoms with van der Waals surface area (Å²) in [4.78, 5) is 4.91. The topological polar surface area (TPSA) is 12.9 Å². The Hall–Kier alpha value is -2.84. The Kier molecular flexibility index (Phi) is 4.61. The summed E-state index contributed by atoms with van der Waals surface area (Å²) < 4.78 is 2.59. The molecule has 33 heavy (non-hydrogen) atoms. The first-order chi connectivity index (χ1) is 15.6. The Morgan fingerprint density at radius 3 is 2.39 bits per heavy atom. The molecule has 0 aliphatic heterocycles. The summed E-state index contributed by atoms with van der Waals surface area (Å²) in [5.74, 6) is 0. The minimum absolute atomic E-state index is 0. The van der Waals surface area contributed by atoms with Crippen molar-refractivity contribution in [2.45, 2.75) is 19.3 Å². The summed E-state index contributed by atoms with van der Waals surface area (Å²) >= 11 is 1.83. The second-order valence-electron chi connectivity index (χ2n) is 9.17. The zero-order valence-electron chi connectivity index (χ0n) is 18.3. The van der Waals surface area contributed by atoms with Crippen LogP contribution in [0.3, 0.4) is 0 Å². The van der Waals surface area contributed by atoms with Gasteiger partial charge in [-0.1, -0.05) is 61.7 Å². The van der Waals surface area contributed by atoms with Crippen LogP contribution in [0.2, 0.25) is 0 Å². The van der Waals surface area contributed by atoms with Gasteiger partial charge in [-0.2, -0.15) is 11.3 Å². The van der Waals surface area contributed by atoms with E-state index >= 15 is 0 Å². The van der Waals surface area contributed by atoms with E-state index in [-0.39, 0.29) is 25.5 Å². The van der Waals surface area contributed by atoms with Crippen molar-refractivity contribution in [3.8, 4) is 22.4 Å². The Labute approximate surface area is 210 Å².